The van der Waals surface area contributed by atoms with Gasteiger partial charge in [-0.2, -0.15) is 0 Å². The number of ether oxygens (including phenoxy) is 2. The van der Waals surface area contributed by atoms with Crippen LogP contribution in [0.1, 0.15) is 25.3 Å². The van der Waals surface area contributed by atoms with Gasteiger partial charge in [0, 0.05) is 56.1 Å². The summed E-state index contributed by atoms with van der Waals surface area (Å²) in [5.74, 6) is 2.24. The van der Waals surface area contributed by atoms with Crippen LogP contribution in [0.25, 0.3) is 0 Å². The highest BCUT2D eigenvalue weighted by Crippen LogP contribution is 2.30. The van der Waals surface area contributed by atoms with Gasteiger partial charge in [0.15, 0.2) is 5.96 Å². The largest absolute Gasteiger partial charge is 0.497 e. The van der Waals surface area contributed by atoms with Crippen molar-refractivity contribution >= 4 is 35.6 Å². The number of rotatable bonds is 8. The Balaban J connectivity index is 0.00000363. The number of guanidine groups is 1. The fraction of sp³-hybridized carbons (Fsp3) is 0.458. The van der Waals surface area contributed by atoms with Crippen molar-refractivity contribution < 1.29 is 13.9 Å². The van der Waals surface area contributed by atoms with Crippen LogP contribution in [0.2, 0.25) is 0 Å². The number of piperidine rings is 1. The standard InChI is InChI=1S/C24H33FN4O2.HI/c1-4-26-24(27-12-9-18-5-7-19(25)8-6-18)28-20-10-13-29(14-11-20)21-15-22(30-2)17-23(16-21)31-3;/h5-8,15-17,20H,4,9-14H2,1-3H3,(H2,26,27,28);1H. The lowest BCUT2D eigenvalue weighted by Gasteiger charge is -2.34. The first-order chi connectivity index (χ1) is 15.1. The second-order valence-electron chi connectivity index (χ2n) is 7.61. The molecule has 2 aromatic rings. The Kier molecular flexibility index (Phi) is 10.9. The van der Waals surface area contributed by atoms with E-state index in [2.05, 4.69) is 34.6 Å². The van der Waals surface area contributed by atoms with Gasteiger partial charge in [0.1, 0.15) is 17.3 Å². The molecule has 0 aliphatic carbocycles. The third kappa shape index (κ3) is 7.72. The van der Waals surface area contributed by atoms with Crippen molar-refractivity contribution in [3.63, 3.8) is 0 Å². The van der Waals surface area contributed by atoms with Crippen LogP contribution in [-0.4, -0.2) is 52.4 Å². The number of methoxy groups -OCH3 is 2. The summed E-state index contributed by atoms with van der Waals surface area (Å²) in [7, 11) is 3.35. The van der Waals surface area contributed by atoms with Gasteiger partial charge < -0.3 is 25.0 Å². The maximum atomic E-state index is 13.0. The smallest absolute Gasteiger partial charge is 0.191 e. The van der Waals surface area contributed by atoms with Gasteiger partial charge in [-0.3, -0.25) is 4.99 Å². The first kappa shape index (κ1) is 26.0. The zero-order valence-corrected chi connectivity index (χ0v) is 21.4. The van der Waals surface area contributed by atoms with Crippen LogP contribution in [0, 0.1) is 5.82 Å². The predicted molar refractivity (Wildman–Crippen MR) is 139 cm³/mol. The average Bonchev–Trinajstić information content (AvgIpc) is 2.80. The maximum Gasteiger partial charge on any atom is 0.191 e. The summed E-state index contributed by atoms with van der Waals surface area (Å²) in [6.45, 7) is 5.43. The number of aliphatic imine (C=N–C) groups is 1. The summed E-state index contributed by atoms with van der Waals surface area (Å²) in [6.07, 6.45) is 2.82. The zero-order valence-electron chi connectivity index (χ0n) is 19.1. The van der Waals surface area contributed by atoms with Gasteiger partial charge in [0.05, 0.1) is 14.2 Å². The number of nitrogens with zero attached hydrogens (tertiary/aromatic N) is 2. The first-order valence-corrected chi connectivity index (χ1v) is 10.9. The van der Waals surface area contributed by atoms with Gasteiger partial charge in [-0.1, -0.05) is 12.1 Å². The minimum atomic E-state index is -0.207. The fourth-order valence-electron chi connectivity index (χ4n) is 3.72. The SMILES string of the molecule is CCNC(=NCCc1ccc(F)cc1)NC1CCN(c2cc(OC)cc(OC)c2)CC1.I. The zero-order chi connectivity index (χ0) is 22.1. The van der Waals surface area contributed by atoms with E-state index in [0.29, 0.717) is 12.6 Å². The summed E-state index contributed by atoms with van der Waals surface area (Å²) in [5.41, 5.74) is 2.21. The Morgan fingerprint density at radius 1 is 1.06 bits per heavy atom. The number of nitrogens with one attached hydrogen (secondary N) is 2. The van der Waals surface area contributed by atoms with Crippen LogP contribution < -0.4 is 25.0 Å². The molecule has 0 saturated carbocycles. The van der Waals surface area contributed by atoms with E-state index in [9.17, 15) is 4.39 Å². The van der Waals surface area contributed by atoms with Crippen molar-refractivity contribution in [1.29, 1.82) is 0 Å². The summed E-state index contributed by atoms with van der Waals surface area (Å²) < 4.78 is 23.9. The van der Waals surface area contributed by atoms with Crippen molar-refractivity contribution in [2.24, 2.45) is 4.99 Å². The normalized spacial score (nSPS) is 14.5. The molecule has 1 aliphatic rings. The quantitative estimate of drug-likeness (QED) is 0.290. The molecule has 0 atom stereocenters. The second-order valence-corrected chi connectivity index (χ2v) is 7.61. The van der Waals surface area contributed by atoms with E-state index in [1.54, 1.807) is 14.2 Å². The number of hydrogen-bond acceptors (Lipinski definition) is 4. The number of hydrogen-bond donors (Lipinski definition) is 2. The molecule has 1 saturated heterocycles. The van der Waals surface area contributed by atoms with E-state index >= 15 is 0 Å². The van der Waals surface area contributed by atoms with Crippen LogP contribution >= 0.6 is 24.0 Å². The fourth-order valence-corrected chi connectivity index (χ4v) is 3.72. The summed E-state index contributed by atoms with van der Waals surface area (Å²) >= 11 is 0. The van der Waals surface area contributed by atoms with Crippen molar-refractivity contribution in [3.8, 4) is 11.5 Å². The van der Waals surface area contributed by atoms with Gasteiger partial charge in [0.2, 0.25) is 0 Å². The lowest BCUT2D eigenvalue weighted by molar-refractivity contribution is 0.393. The summed E-state index contributed by atoms with van der Waals surface area (Å²) in [4.78, 5) is 7.06. The van der Waals surface area contributed by atoms with Crippen LogP contribution in [-0.2, 0) is 6.42 Å². The Hall–Kier alpha value is -2.23. The van der Waals surface area contributed by atoms with E-state index in [0.717, 1.165) is 67.6 Å². The van der Waals surface area contributed by atoms with Crippen LogP contribution in [0.5, 0.6) is 11.5 Å². The molecule has 32 heavy (non-hydrogen) atoms. The van der Waals surface area contributed by atoms with Crippen LogP contribution in [0.15, 0.2) is 47.5 Å². The molecule has 0 bridgehead atoms. The van der Waals surface area contributed by atoms with Gasteiger partial charge in [-0.25, -0.2) is 4.39 Å². The highest BCUT2D eigenvalue weighted by molar-refractivity contribution is 14.0. The molecule has 3 rings (SSSR count). The Labute approximate surface area is 207 Å². The molecule has 1 heterocycles. The molecule has 0 amide bonds. The lowest BCUT2D eigenvalue weighted by Crippen LogP contribution is -2.48. The summed E-state index contributed by atoms with van der Waals surface area (Å²) in [6, 6.07) is 13.0. The van der Waals surface area contributed by atoms with E-state index in [1.165, 1.54) is 12.1 Å². The van der Waals surface area contributed by atoms with Crippen molar-refractivity contribution in [3.05, 3.63) is 53.8 Å². The molecular weight excluding hydrogens is 522 g/mol. The number of benzene rings is 2. The van der Waals surface area contributed by atoms with Crippen molar-refractivity contribution in [2.75, 3.05) is 45.3 Å². The second kappa shape index (κ2) is 13.3. The molecule has 0 aromatic heterocycles. The Morgan fingerprint density at radius 2 is 1.69 bits per heavy atom. The first-order valence-electron chi connectivity index (χ1n) is 10.9. The third-order valence-corrected chi connectivity index (χ3v) is 5.47. The molecule has 1 aliphatic heterocycles. The molecule has 0 unspecified atom stereocenters. The van der Waals surface area contributed by atoms with E-state index in [-0.39, 0.29) is 29.8 Å². The molecule has 6 nitrogen and oxygen atoms in total. The number of anilines is 1. The van der Waals surface area contributed by atoms with Gasteiger partial charge in [-0.05, 0) is 43.9 Å². The topological polar surface area (TPSA) is 58.1 Å². The van der Waals surface area contributed by atoms with Crippen LogP contribution in [0.3, 0.4) is 0 Å². The predicted octanol–water partition coefficient (Wildman–Crippen LogP) is 4.23. The molecule has 1 fully saturated rings. The van der Waals surface area contributed by atoms with Gasteiger partial charge >= 0.3 is 0 Å². The molecule has 0 spiro atoms. The molecule has 176 valence electrons. The van der Waals surface area contributed by atoms with Gasteiger partial charge in [0.25, 0.3) is 0 Å². The minimum Gasteiger partial charge on any atom is -0.497 e. The van der Waals surface area contributed by atoms with E-state index in [1.807, 2.05) is 18.2 Å². The molecule has 8 heteroatoms. The molecule has 0 radical (unpaired) electrons. The minimum absolute atomic E-state index is 0. The molecule has 2 N–H and O–H groups in total. The highest BCUT2D eigenvalue weighted by Gasteiger charge is 2.21. The van der Waals surface area contributed by atoms with Crippen LogP contribution in [0.4, 0.5) is 10.1 Å². The molecular formula is C24H34FIN4O2. The van der Waals surface area contributed by atoms with E-state index in [4.69, 9.17) is 14.5 Å². The Bertz CT molecular complexity index is 833. The third-order valence-electron chi connectivity index (χ3n) is 5.47. The number of halogens is 2. The molecule has 2 aromatic carbocycles. The lowest BCUT2D eigenvalue weighted by atomic mass is 10.0. The van der Waals surface area contributed by atoms with Crippen molar-refractivity contribution in [1.82, 2.24) is 10.6 Å². The van der Waals surface area contributed by atoms with Gasteiger partial charge in [-0.15, -0.1) is 24.0 Å². The van der Waals surface area contributed by atoms with E-state index < -0.39 is 0 Å². The highest BCUT2D eigenvalue weighted by atomic mass is 127. The average molecular weight is 556 g/mol. The monoisotopic (exact) mass is 556 g/mol. The van der Waals surface area contributed by atoms with Crippen molar-refractivity contribution in [2.45, 2.75) is 32.2 Å². The Morgan fingerprint density at radius 3 is 2.25 bits per heavy atom. The maximum absolute atomic E-state index is 13.0. The summed E-state index contributed by atoms with van der Waals surface area (Å²) in [5, 5.41) is 6.90.